The van der Waals surface area contributed by atoms with Gasteiger partial charge in [0.25, 0.3) is 0 Å². The topological polar surface area (TPSA) is 32.3 Å². The van der Waals surface area contributed by atoms with Gasteiger partial charge in [-0.3, -0.25) is 0 Å². The summed E-state index contributed by atoms with van der Waals surface area (Å²) in [6.07, 6.45) is 3.65. The van der Waals surface area contributed by atoms with Gasteiger partial charge in [-0.05, 0) is 49.4 Å². The van der Waals surface area contributed by atoms with Crippen LogP contribution in [0.4, 0.5) is 0 Å². The lowest BCUT2D eigenvalue weighted by atomic mass is 9.89. The van der Waals surface area contributed by atoms with Crippen LogP contribution < -0.4 is 5.32 Å². The molecule has 1 aromatic carbocycles. The van der Waals surface area contributed by atoms with Crippen molar-refractivity contribution in [1.82, 2.24) is 5.32 Å². The summed E-state index contributed by atoms with van der Waals surface area (Å²) in [6, 6.07) is 8.23. The normalized spacial score (nSPS) is 16.8. The summed E-state index contributed by atoms with van der Waals surface area (Å²) in [5, 5.41) is 12.6. The van der Waals surface area contributed by atoms with E-state index in [9.17, 15) is 5.11 Å². The van der Waals surface area contributed by atoms with Gasteiger partial charge >= 0.3 is 0 Å². The fourth-order valence-corrected chi connectivity index (χ4v) is 2.31. The lowest BCUT2D eigenvalue weighted by Gasteiger charge is -2.23. The van der Waals surface area contributed by atoms with E-state index in [0.717, 1.165) is 31.0 Å². The number of benzene rings is 1. The molecule has 0 saturated carbocycles. The van der Waals surface area contributed by atoms with Crippen molar-refractivity contribution in [2.75, 3.05) is 13.1 Å². The molecular weight excluding hydrogens is 222 g/mol. The average molecular weight is 242 g/mol. The number of halogens is 1. The number of rotatable bonds is 3. The highest BCUT2D eigenvalue weighted by atomic mass is 35.5. The standard InChI is InChI=1S/C13H19NO.ClH/c15-10-13-4-2-1-3-12(13)9-11-5-7-14-8-6-11;/h1-4,11,14-15H,5-10H2;1H. The first kappa shape index (κ1) is 13.5. The maximum Gasteiger partial charge on any atom is 0.0684 e. The van der Waals surface area contributed by atoms with Gasteiger partial charge in [0.15, 0.2) is 0 Å². The molecule has 0 radical (unpaired) electrons. The molecule has 1 aromatic rings. The third kappa shape index (κ3) is 3.48. The van der Waals surface area contributed by atoms with Crippen LogP contribution in [0.5, 0.6) is 0 Å². The second-order valence-corrected chi connectivity index (χ2v) is 4.32. The van der Waals surface area contributed by atoms with Crippen LogP contribution >= 0.6 is 12.4 Å². The third-order valence-electron chi connectivity index (χ3n) is 3.26. The van der Waals surface area contributed by atoms with E-state index in [1.807, 2.05) is 12.1 Å². The first-order chi connectivity index (χ1) is 7.40. The lowest BCUT2D eigenvalue weighted by Crippen LogP contribution is -2.28. The van der Waals surface area contributed by atoms with E-state index in [0.29, 0.717) is 0 Å². The molecule has 0 aliphatic carbocycles. The van der Waals surface area contributed by atoms with Crippen molar-refractivity contribution in [1.29, 1.82) is 0 Å². The Hall–Kier alpha value is -0.570. The molecular formula is C13H20ClNO. The Morgan fingerprint density at radius 2 is 1.75 bits per heavy atom. The highest BCUT2D eigenvalue weighted by Gasteiger charge is 2.14. The van der Waals surface area contributed by atoms with Crippen molar-refractivity contribution in [2.24, 2.45) is 5.92 Å². The lowest BCUT2D eigenvalue weighted by molar-refractivity contribution is 0.279. The van der Waals surface area contributed by atoms with Gasteiger partial charge in [0.05, 0.1) is 6.61 Å². The maximum atomic E-state index is 9.24. The zero-order valence-electron chi connectivity index (χ0n) is 9.48. The van der Waals surface area contributed by atoms with Gasteiger partial charge in [0, 0.05) is 0 Å². The van der Waals surface area contributed by atoms with Gasteiger partial charge < -0.3 is 10.4 Å². The van der Waals surface area contributed by atoms with Crippen molar-refractivity contribution in [3.63, 3.8) is 0 Å². The number of piperidine rings is 1. The van der Waals surface area contributed by atoms with Crippen molar-refractivity contribution in [3.8, 4) is 0 Å². The second kappa shape index (κ2) is 6.89. The fraction of sp³-hybridized carbons (Fsp3) is 0.538. The Morgan fingerprint density at radius 3 is 2.38 bits per heavy atom. The predicted molar refractivity (Wildman–Crippen MR) is 68.9 cm³/mol. The van der Waals surface area contributed by atoms with Crippen molar-refractivity contribution < 1.29 is 5.11 Å². The van der Waals surface area contributed by atoms with E-state index in [2.05, 4.69) is 17.4 Å². The molecule has 16 heavy (non-hydrogen) atoms. The number of aliphatic hydroxyl groups is 1. The minimum atomic E-state index is 0. The molecule has 1 heterocycles. The zero-order chi connectivity index (χ0) is 10.5. The fourth-order valence-electron chi connectivity index (χ4n) is 2.31. The molecule has 2 rings (SSSR count). The van der Waals surface area contributed by atoms with Crippen LogP contribution in [0.2, 0.25) is 0 Å². The Labute approximate surface area is 103 Å². The number of aliphatic hydroxyl groups excluding tert-OH is 1. The minimum absolute atomic E-state index is 0. The van der Waals surface area contributed by atoms with Gasteiger partial charge in [0.2, 0.25) is 0 Å². The molecule has 0 spiro atoms. The van der Waals surface area contributed by atoms with Crippen LogP contribution in [-0.4, -0.2) is 18.2 Å². The summed E-state index contributed by atoms with van der Waals surface area (Å²) < 4.78 is 0. The molecule has 1 aliphatic heterocycles. The molecule has 90 valence electrons. The molecule has 2 N–H and O–H groups in total. The van der Waals surface area contributed by atoms with Crippen LogP contribution in [0.3, 0.4) is 0 Å². The summed E-state index contributed by atoms with van der Waals surface area (Å²) in [5.74, 6) is 0.791. The highest BCUT2D eigenvalue weighted by Crippen LogP contribution is 2.20. The smallest absolute Gasteiger partial charge is 0.0684 e. The molecule has 2 nitrogen and oxygen atoms in total. The molecule has 0 amide bonds. The third-order valence-corrected chi connectivity index (χ3v) is 3.26. The quantitative estimate of drug-likeness (QED) is 0.850. The van der Waals surface area contributed by atoms with E-state index in [-0.39, 0.29) is 19.0 Å². The molecule has 3 heteroatoms. The summed E-state index contributed by atoms with van der Waals surface area (Å²) in [6.45, 7) is 2.46. The Balaban J connectivity index is 0.00000128. The average Bonchev–Trinajstić information content (AvgIpc) is 2.31. The van der Waals surface area contributed by atoms with Crippen LogP contribution in [0, 0.1) is 5.92 Å². The molecule has 1 saturated heterocycles. The molecule has 0 atom stereocenters. The molecule has 0 unspecified atom stereocenters. The Kier molecular flexibility index (Phi) is 5.81. The first-order valence-corrected chi connectivity index (χ1v) is 5.78. The van der Waals surface area contributed by atoms with Crippen LogP contribution in [0.1, 0.15) is 24.0 Å². The zero-order valence-corrected chi connectivity index (χ0v) is 10.3. The highest BCUT2D eigenvalue weighted by molar-refractivity contribution is 5.85. The summed E-state index contributed by atoms with van der Waals surface area (Å²) in [5.41, 5.74) is 2.42. The van der Waals surface area contributed by atoms with E-state index < -0.39 is 0 Å². The largest absolute Gasteiger partial charge is 0.392 e. The van der Waals surface area contributed by atoms with Gasteiger partial charge in [-0.2, -0.15) is 0 Å². The summed E-state index contributed by atoms with van der Waals surface area (Å²) >= 11 is 0. The van der Waals surface area contributed by atoms with Crippen LogP contribution in [0.15, 0.2) is 24.3 Å². The SMILES string of the molecule is Cl.OCc1ccccc1CC1CCNCC1. The van der Waals surface area contributed by atoms with Gasteiger partial charge in [0.1, 0.15) is 0 Å². The Bertz CT molecular complexity index is 311. The molecule has 0 bridgehead atoms. The first-order valence-electron chi connectivity index (χ1n) is 5.78. The predicted octanol–water partition coefficient (Wildman–Crippen LogP) is 2.14. The van der Waals surface area contributed by atoms with E-state index in [4.69, 9.17) is 0 Å². The second-order valence-electron chi connectivity index (χ2n) is 4.32. The van der Waals surface area contributed by atoms with Crippen LogP contribution in [0.25, 0.3) is 0 Å². The number of hydrogen-bond acceptors (Lipinski definition) is 2. The monoisotopic (exact) mass is 241 g/mol. The number of nitrogens with one attached hydrogen (secondary N) is 1. The number of hydrogen-bond donors (Lipinski definition) is 2. The molecule has 0 aromatic heterocycles. The molecule has 1 fully saturated rings. The molecule has 1 aliphatic rings. The van der Waals surface area contributed by atoms with E-state index in [1.165, 1.54) is 18.4 Å². The van der Waals surface area contributed by atoms with Gasteiger partial charge in [-0.15, -0.1) is 12.4 Å². The minimum Gasteiger partial charge on any atom is -0.392 e. The maximum absolute atomic E-state index is 9.24. The summed E-state index contributed by atoms with van der Waals surface area (Å²) in [7, 11) is 0. The van der Waals surface area contributed by atoms with Gasteiger partial charge in [-0.25, -0.2) is 0 Å². The van der Waals surface area contributed by atoms with Crippen molar-refractivity contribution in [3.05, 3.63) is 35.4 Å². The van der Waals surface area contributed by atoms with Crippen LogP contribution in [-0.2, 0) is 13.0 Å². The Morgan fingerprint density at radius 1 is 1.12 bits per heavy atom. The van der Waals surface area contributed by atoms with E-state index >= 15 is 0 Å². The van der Waals surface area contributed by atoms with Crippen molar-refractivity contribution in [2.45, 2.75) is 25.9 Å². The summed E-state index contributed by atoms with van der Waals surface area (Å²) in [4.78, 5) is 0. The van der Waals surface area contributed by atoms with Gasteiger partial charge in [-0.1, -0.05) is 24.3 Å². The van der Waals surface area contributed by atoms with Crippen molar-refractivity contribution >= 4 is 12.4 Å². The van der Waals surface area contributed by atoms with E-state index in [1.54, 1.807) is 0 Å².